The van der Waals surface area contributed by atoms with Crippen LogP contribution in [0.4, 0.5) is 0 Å². The van der Waals surface area contributed by atoms with Gasteiger partial charge in [0.15, 0.2) is 5.96 Å². The van der Waals surface area contributed by atoms with E-state index >= 15 is 0 Å². The van der Waals surface area contributed by atoms with Gasteiger partial charge in [0.05, 0.1) is 6.42 Å². The lowest BCUT2D eigenvalue weighted by molar-refractivity contribution is -0.131. The van der Waals surface area contributed by atoms with Crippen molar-refractivity contribution in [2.45, 2.75) is 19.5 Å². The summed E-state index contributed by atoms with van der Waals surface area (Å²) in [6, 6.07) is 16.1. The molecule has 1 aliphatic rings. The number of guanidine groups is 1. The molecule has 1 amide bonds. The maximum absolute atomic E-state index is 12.7. The number of piperazine rings is 1. The van der Waals surface area contributed by atoms with Gasteiger partial charge in [0.2, 0.25) is 5.91 Å². The van der Waals surface area contributed by atoms with Crippen molar-refractivity contribution in [3.05, 3.63) is 70.2 Å². The lowest BCUT2D eigenvalue weighted by Gasteiger charge is -2.36. The Morgan fingerprint density at radius 2 is 1.65 bits per heavy atom. The number of nitrogens with one attached hydrogen (secondary N) is 1. The fraction of sp³-hybridized carbons (Fsp3) is 0.417. The summed E-state index contributed by atoms with van der Waals surface area (Å²) >= 11 is 6.03. The highest BCUT2D eigenvalue weighted by atomic mass is 35.5. The molecule has 1 aliphatic heterocycles. The van der Waals surface area contributed by atoms with Gasteiger partial charge in [-0.3, -0.25) is 9.79 Å². The molecule has 2 aromatic carbocycles. The third kappa shape index (κ3) is 6.97. The number of hydrogen-bond donors (Lipinski definition) is 1. The minimum atomic E-state index is 0.141. The summed E-state index contributed by atoms with van der Waals surface area (Å²) in [5.74, 6) is 1.02. The predicted octanol–water partition coefficient (Wildman–Crippen LogP) is 2.86. The first kappa shape index (κ1) is 23.1. The molecule has 0 spiro atoms. The van der Waals surface area contributed by atoms with E-state index < -0.39 is 0 Å². The summed E-state index contributed by atoms with van der Waals surface area (Å²) in [5.41, 5.74) is 3.48. The number of benzene rings is 2. The molecule has 2 aromatic rings. The number of nitrogens with zero attached hydrogens (tertiary/aromatic N) is 4. The Bertz CT molecular complexity index is 906. The maximum Gasteiger partial charge on any atom is 0.227 e. The van der Waals surface area contributed by atoms with Crippen LogP contribution in [0.3, 0.4) is 0 Å². The van der Waals surface area contributed by atoms with Gasteiger partial charge in [-0.25, -0.2) is 0 Å². The highest BCUT2D eigenvalue weighted by Crippen LogP contribution is 2.13. The summed E-state index contributed by atoms with van der Waals surface area (Å²) < 4.78 is 0. The lowest BCUT2D eigenvalue weighted by Crippen LogP contribution is -2.53. The van der Waals surface area contributed by atoms with Crippen molar-refractivity contribution >= 4 is 23.5 Å². The van der Waals surface area contributed by atoms with Crippen molar-refractivity contribution in [1.82, 2.24) is 20.0 Å². The van der Waals surface area contributed by atoms with E-state index in [1.807, 2.05) is 36.2 Å². The fourth-order valence-electron chi connectivity index (χ4n) is 3.82. The van der Waals surface area contributed by atoms with Crippen LogP contribution in [-0.4, -0.2) is 73.9 Å². The van der Waals surface area contributed by atoms with Gasteiger partial charge in [-0.2, -0.15) is 0 Å². The van der Waals surface area contributed by atoms with Crippen molar-refractivity contribution in [2.75, 3.05) is 47.3 Å². The average Bonchev–Trinajstić information content (AvgIpc) is 2.74. The number of halogens is 1. The molecular weight excluding hydrogens is 410 g/mol. The summed E-state index contributed by atoms with van der Waals surface area (Å²) in [6.07, 6.45) is 0.386. The molecule has 0 unspecified atom stereocenters. The lowest BCUT2D eigenvalue weighted by atomic mass is 10.1. The summed E-state index contributed by atoms with van der Waals surface area (Å²) in [4.78, 5) is 23.4. The first-order valence-electron chi connectivity index (χ1n) is 10.6. The molecule has 6 nitrogen and oxygen atoms in total. The zero-order chi connectivity index (χ0) is 22.2. The second kappa shape index (κ2) is 11.2. The van der Waals surface area contributed by atoms with E-state index in [2.05, 4.69) is 58.5 Å². The van der Waals surface area contributed by atoms with Crippen LogP contribution in [0, 0.1) is 0 Å². The van der Waals surface area contributed by atoms with Crippen LogP contribution < -0.4 is 5.32 Å². The predicted molar refractivity (Wildman–Crippen MR) is 127 cm³/mol. The van der Waals surface area contributed by atoms with E-state index in [-0.39, 0.29) is 5.91 Å². The van der Waals surface area contributed by atoms with Gasteiger partial charge in [0, 0.05) is 51.3 Å². The Labute approximate surface area is 190 Å². The summed E-state index contributed by atoms with van der Waals surface area (Å²) in [5, 5.41) is 4.13. The standard InChI is InChI=1S/C24H32ClN5O/c1-26-24(27-17-20-7-4-8-21(14-20)18-28(2)3)30-12-10-29(11-13-30)23(31)16-19-6-5-9-22(25)15-19/h4-9,14-15H,10-13,16-18H2,1-3H3,(H,26,27). The van der Waals surface area contributed by atoms with Crippen molar-refractivity contribution in [1.29, 1.82) is 0 Å². The third-order valence-corrected chi connectivity index (χ3v) is 5.56. The second-order valence-corrected chi connectivity index (χ2v) is 8.57. The Hall–Kier alpha value is -2.57. The molecule has 1 saturated heterocycles. The van der Waals surface area contributed by atoms with Crippen LogP contribution in [-0.2, 0) is 24.3 Å². The molecule has 0 bridgehead atoms. The number of amides is 1. The van der Waals surface area contributed by atoms with Crippen molar-refractivity contribution in [2.24, 2.45) is 4.99 Å². The number of rotatable bonds is 6. The van der Waals surface area contributed by atoms with Crippen LogP contribution in [0.1, 0.15) is 16.7 Å². The first-order chi connectivity index (χ1) is 14.9. The van der Waals surface area contributed by atoms with Gasteiger partial charge in [0.1, 0.15) is 0 Å². The van der Waals surface area contributed by atoms with E-state index in [1.165, 1.54) is 11.1 Å². The average molecular weight is 442 g/mol. The van der Waals surface area contributed by atoms with Crippen LogP contribution in [0.2, 0.25) is 5.02 Å². The van der Waals surface area contributed by atoms with Crippen LogP contribution in [0.25, 0.3) is 0 Å². The van der Waals surface area contributed by atoms with E-state index in [0.717, 1.165) is 37.7 Å². The Kier molecular flexibility index (Phi) is 8.32. The van der Waals surface area contributed by atoms with E-state index in [4.69, 9.17) is 11.6 Å². The Balaban J connectivity index is 1.49. The molecular formula is C24H32ClN5O. The fourth-order valence-corrected chi connectivity index (χ4v) is 4.03. The number of carbonyl (C=O) groups is 1. The normalized spacial score (nSPS) is 14.8. The Morgan fingerprint density at radius 1 is 1.00 bits per heavy atom. The van der Waals surface area contributed by atoms with Gasteiger partial charge in [-0.05, 0) is 42.9 Å². The number of hydrogen-bond acceptors (Lipinski definition) is 3. The summed E-state index contributed by atoms with van der Waals surface area (Å²) in [6.45, 7) is 4.57. The molecule has 1 heterocycles. The zero-order valence-electron chi connectivity index (χ0n) is 18.6. The molecule has 0 saturated carbocycles. The van der Waals surface area contributed by atoms with Crippen LogP contribution in [0.5, 0.6) is 0 Å². The van der Waals surface area contributed by atoms with Gasteiger partial charge >= 0.3 is 0 Å². The largest absolute Gasteiger partial charge is 0.352 e. The molecule has 166 valence electrons. The van der Waals surface area contributed by atoms with E-state index in [9.17, 15) is 4.79 Å². The van der Waals surface area contributed by atoms with Gasteiger partial charge in [0.25, 0.3) is 0 Å². The minimum absolute atomic E-state index is 0.141. The molecule has 1 fully saturated rings. The monoisotopic (exact) mass is 441 g/mol. The second-order valence-electron chi connectivity index (χ2n) is 8.13. The molecule has 1 N–H and O–H groups in total. The summed E-state index contributed by atoms with van der Waals surface area (Å²) in [7, 11) is 5.96. The number of carbonyl (C=O) groups excluding carboxylic acids is 1. The molecule has 0 atom stereocenters. The molecule has 0 aromatic heterocycles. The maximum atomic E-state index is 12.7. The van der Waals surface area contributed by atoms with E-state index in [0.29, 0.717) is 24.5 Å². The van der Waals surface area contributed by atoms with Crippen molar-refractivity contribution in [3.63, 3.8) is 0 Å². The zero-order valence-corrected chi connectivity index (χ0v) is 19.4. The molecule has 7 heteroatoms. The SMILES string of the molecule is CN=C(NCc1cccc(CN(C)C)c1)N1CCN(C(=O)Cc2cccc(Cl)c2)CC1. The minimum Gasteiger partial charge on any atom is -0.352 e. The molecule has 31 heavy (non-hydrogen) atoms. The first-order valence-corrected chi connectivity index (χ1v) is 11.0. The van der Waals surface area contributed by atoms with Crippen molar-refractivity contribution < 1.29 is 4.79 Å². The number of aliphatic imine (C=N–C) groups is 1. The smallest absolute Gasteiger partial charge is 0.227 e. The highest BCUT2D eigenvalue weighted by molar-refractivity contribution is 6.30. The van der Waals surface area contributed by atoms with Gasteiger partial charge in [-0.15, -0.1) is 0 Å². The molecule has 3 rings (SSSR count). The van der Waals surface area contributed by atoms with Crippen LogP contribution in [0.15, 0.2) is 53.5 Å². The Morgan fingerprint density at radius 3 is 2.32 bits per heavy atom. The quantitative estimate of drug-likeness (QED) is 0.553. The third-order valence-electron chi connectivity index (χ3n) is 5.33. The van der Waals surface area contributed by atoms with Gasteiger partial charge < -0.3 is 20.0 Å². The highest BCUT2D eigenvalue weighted by Gasteiger charge is 2.23. The van der Waals surface area contributed by atoms with Gasteiger partial charge in [-0.1, -0.05) is 48.0 Å². The van der Waals surface area contributed by atoms with E-state index in [1.54, 1.807) is 0 Å². The van der Waals surface area contributed by atoms with Crippen molar-refractivity contribution in [3.8, 4) is 0 Å². The molecule has 0 aliphatic carbocycles. The van der Waals surface area contributed by atoms with Crippen LogP contribution >= 0.6 is 11.6 Å². The molecule has 0 radical (unpaired) electrons. The topological polar surface area (TPSA) is 51.2 Å².